The molecule has 0 saturated carbocycles. The van der Waals surface area contributed by atoms with Crippen LogP contribution in [-0.2, 0) is 6.42 Å². The largest absolute Gasteiger partial charge is 0.386 e. The van der Waals surface area contributed by atoms with Crippen molar-refractivity contribution in [2.75, 3.05) is 31.4 Å². The van der Waals surface area contributed by atoms with Crippen LogP contribution in [0.1, 0.15) is 11.1 Å². The molecule has 0 aliphatic carbocycles. The Morgan fingerprint density at radius 1 is 1.03 bits per heavy atom. The lowest BCUT2D eigenvalue weighted by atomic mass is 9.99. The zero-order valence-electron chi connectivity index (χ0n) is 20.2. The fourth-order valence-corrected chi connectivity index (χ4v) is 4.46. The number of nitrogens with zero attached hydrogens (tertiary/aromatic N) is 3. The Balaban J connectivity index is 1.43. The van der Waals surface area contributed by atoms with Crippen molar-refractivity contribution in [1.82, 2.24) is 9.88 Å². The average Bonchev–Trinajstić information content (AvgIpc) is 3.45. The minimum atomic E-state index is 0.420. The molecule has 5 rings (SSSR count). The number of hydrogen-bond donors (Lipinski definition) is 4. The number of aromatic nitrogens is 1. The quantitative estimate of drug-likeness (QED) is 0.239. The molecule has 176 valence electrons. The molecule has 0 spiro atoms. The standard InChI is InChI=1S/C28H29N7/c1-17(29)32-21-8-12-25-20(13-21)15-27(33-25)24-16-31-26-11-7-19(14-23(24)26)18-5-9-22(10-6-18)35(4)28(30)34(2)3/h5-14,16,30-32H,1,15,29H2,2-4H3. The lowest BCUT2D eigenvalue weighted by Crippen LogP contribution is -2.37. The predicted octanol–water partition coefficient (Wildman–Crippen LogP) is 5.29. The molecule has 2 heterocycles. The van der Waals surface area contributed by atoms with Crippen LogP contribution in [0.4, 0.5) is 17.1 Å². The van der Waals surface area contributed by atoms with Gasteiger partial charge >= 0.3 is 0 Å². The van der Waals surface area contributed by atoms with Gasteiger partial charge in [-0.05, 0) is 59.2 Å². The van der Waals surface area contributed by atoms with Gasteiger partial charge in [0.1, 0.15) is 0 Å². The van der Waals surface area contributed by atoms with E-state index in [9.17, 15) is 0 Å². The van der Waals surface area contributed by atoms with Crippen LogP contribution < -0.4 is 16.0 Å². The molecule has 1 aromatic heterocycles. The molecule has 0 saturated heterocycles. The molecule has 5 N–H and O–H groups in total. The molecule has 0 bridgehead atoms. The zero-order chi connectivity index (χ0) is 24.7. The van der Waals surface area contributed by atoms with Gasteiger partial charge in [0.15, 0.2) is 5.96 Å². The SMILES string of the molecule is C=C(N)Nc1ccc2c(c1)CC(c1c[nH]c3ccc(-c4ccc(N(C)C(=N)N(C)C)cc4)cc13)=N2. The summed E-state index contributed by atoms with van der Waals surface area (Å²) in [5, 5.41) is 12.4. The summed E-state index contributed by atoms with van der Waals surface area (Å²) in [5.41, 5.74) is 15.3. The van der Waals surface area contributed by atoms with Crippen molar-refractivity contribution in [2.45, 2.75) is 6.42 Å². The van der Waals surface area contributed by atoms with Gasteiger partial charge in [-0.1, -0.05) is 24.8 Å². The van der Waals surface area contributed by atoms with Crippen molar-refractivity contribution < 1.29 is 0 Å². The third-order valence-corrected chi connectivity index (χ3v) is 6.32. The van der Waals surface area contributed by atoms with Crippen LogP contribution in [0.3, 0.4) is 0 Å². The average molecular weight is 464 g/mol. The first-order valence-corrected chi connectivity index (χ1v) is 11.4. The number of anilines is 2. The highest BCUT2D eigenvalue weighted by Gasteiger charge is 2.19. The molecule has 0 atom stereocenters. The van der Waals surface area contributed by atoms with Crippen LogP contribution in [-0.4, -0.2) is 42.7 Å². The molecule has 1 aliphatic rings. The molecule has 7 nitrogen and oxygen atoms in total. The number of fused-ring (bicyclic) bond motifs is 2. The summed E-state index contributed by atoms with van der Waals surface area (Å²) in [6, 6.07) is 20.8. The number of guanidine groups is 1. The third kappa shape index (κ3) is 4.24. The number of H-pyrrole nitrogens is 1. The predicted molar refractivity (Wildman–Crippen MR) is 147 cm³/mol. The van der Waals surface area contributed by atoms with Gasteiger partial charge in [0.05, 0.1) is 17.2 Å². The van der Waals surface area contributed by atoms with Crippen molar-refractivity contribution in [2.24, 2.45) is 10.7 Å². The van der Waals surface area contributed by atoms with Crippen molar-refractivity contribution >= 4 is 39.6 Å². The third-order valence-electron chi connectivity index (χ3n) is 6.32. The maximum absolute atomic E-state index is 8.20. The minimum absolute atomic E-state index is 0.420. The Labute approximate surface area is 205 Å². The lowest BCUT2D eigenvalue weighted by molar-refractivity contribution is 0.603. The van der Waals surface area contributed by atoms with E-state index in [1.165, 1.54) is 5.56 Å². The van der Waals surface area contributed by atoms with Gasteiger partial charge in [0.2, 0.25) is 0 Å². The minimum Gasteiger partial charge on any atom is -0.386 e. The summed E-state index contributed by atoms with van der Waals surface area (Å²) < 4.78 is 0. The van der Waals surface area contributed by atoms with Gasteiger partial charge in [-0.2, -0.15) is 0 Å². The number of aromatic amines is 1. The van der Waals surface area contributed by atoms with Gasteiger partial charge in [-0.25, -0.2) is 0 Å². The van der Waals surface area contributed by atoms with Crippen molar-refractivity contribution in [1.29, 1.82) is 5.41 Å². The number of rotatable bonds is 5. The van der Waals surface area contributed by atoms with Crippen molar-refractivity contribution in [3.05, 3.63) is 90.4 Å². The Hall–Kier alpha value is -4.52. The number of benzene rings is 3. The van der Waals surface area contributed by atoms with Gasteiger partial charge in [-0.3, -0.25) is 10.4 Å². The van der Waals surface area contributed by atoms with E-state index in [-0.39, 0.29) is 0 Å². The highest BCUT2D eigenvalue weighted by molar-refractivity contribution is 6.15. The fraction of sp³-hybridized carbons (Fsp3) is 0.143. The first-order chi connectivity index (χ1) is 16.8. The molecule has 0 radical (unpaired) electrons. The van der Waals surface area contributed by atoms with Crippen LogP contribution >= 0.6 is 0 Å². The van der Waals surface area contributed by atoms with E-state index < -0.39 is 0 Å². The van der Waals surface area contributed by atoms with Crippen molar-refractivity contribution in [3.63, 3.8) is 0 Å². The van der Waals surface area contributed by atoms with Gasteiger partial charge in [-0.15, -0.1) is 0 Å². The van der Waals surface area contributed by atoms with E-state index in [1.54, 1.807) is 4.90 Å². The van der Waals surface area contributed by atoms with Crippen LogP contribution in [0, 0.1) is 5.41 Å². The summed E-state index contributed by atoms with van der Waals surface area (Å²) in [7, 11) is 5.65. The molecule has 0 unspecified atom stereocenters. The second-order valence-corrected chi connectivity index (χ2v) is 9.02. The Morgan fingerprint density at radius 2 is 1.77 bits per heavy atom. The van der Waals surface area contributed by atoms with Crippen LogP contribution in [0.5, 0.6) is 0 Å². The summed E-state index contributed by atoms with van der Waals surface area (Å²) in [5.74, 6) is 0.856. The first kappa shape index (κ1) is 22.3. The van der Waals surface area contributed by atoms with Gasteiger partial charge < -0.3 is 25.8 Å². The monoisotopic (exact) mass is 463 g/mol. The smallest absolute Gasteiger partial charge is 0.197 e. The number of hydrogen-bond acceptors (Lipinski definition) is 4. The normalized spacial score (nSPS) is 12.3. The molecule has 4 aromatic rings. The van der Waals surface area contributed by atoms with E-state index >= 15 is 0 Å². The molecule has 35 heavy (non-hydrogen) atoms. The molecule has 7 heteroatoms. The summed E-state index contributed by atoms with van der Waals surface area (Å²) in [6.07, 6.45) is 2.81. The molecule has 0 fully saturated rings. The van der Waals surface area contributed by atoms with Crippen molar-refractivity contribution in [3.8, 4) is 11.1 Å². The molecule has 3 aromatic carbocycles. The fourth-order valence-electron chi connectivity index (χ4n) is 4.46. The van der Waals surface area contributed by atoms with Crippen LogP contribution in [0.25, 0.3) is 22.0 Å². The molecular weight excluding hydrogens is 434 g/mol. The summed E-state index contributed by atoms with van der Waals surface area (Å²) in [6.45, 7) is 3.71. The summed E-state index contributed by atoms with van der Waals surface area (Å²) >= 11 is 0. The Morgan fingerprint density at radius 3 is 2.49 bits per heavy atom. The second-order valence-electron chi connectivity index (χ2n) is 9.02. The van der Waals surface area contributed by atoms with E-state index in [0.29, 0.717) is 11.8 Å². The summed E-state index contributed by atoms with van der Waals surface area (Å²) in [4.78, 5) is 12.0. The van der Waals surface area contributed by atoms with E-state index in [0.717, 1.165) is 56.8 Å². The number of nitrogens with two attached hydrogens (primary N) is 1. The highest BCUT2D eigenvalue weighted by Crippen LogP contribution is 2.34. The van der Waals surface area contributed by atoms with Gasteiger partial charge in [0, 0.05) is 61.6 Å². The van der Waals surface area contributed by atoms with Gasteiger partial charge in [0.25, 0.3) is 0 Å². The number of nitrogens with one attached hydrogen (secondary N) is 3. The molecular formula is C28H29N7. The topological polar surface area (TPSA) is 96.5 Å². The second kappa shape index (κ2) is 8.68. The van der Waals surface area contributed by atoms with Crippen LogP contribution in [0.15, 0.2) is 84.3 Å². The number of aliphatic imine (C=N–C) groups is 1. The van der Waals surface area contributed by atoms with Crippen LogP contribution in [0.2, 0.25) is 0 Å². The van der Waals surface area contributed by atoms with E-state index in [4.69, 9.17) is 16.1 Å². The van der Waals surface area contributed by atoms with E-state index in [2.05, 4.69) is 65.4 Å². The molecule has 1 aliphatic heterocycles. The first-order valence-electron chi connectivity index (χ1n) is 11.4. The van der Waals surface area contributed by atoms with E-state index in [1.807, 2.05) is 44.4 Å². The maximum Gasteiger partial charge on any atom is 0.197 e. The molecule has 0 amide bonds. The zero-order valence-corrected chi connectivity index (χ0v) is 20.2. The Bertz CT molecular complexity index is 1480. The lowest BCUT2D eigenvalue weighted by Gasteiger charge is -2.25. The highest BCUT2D eigenvalue weighted by atomic mass is 15.3. The Kier molecular flexibility index (Phi) is 5.53. The maximum atomic E-state index is 8.20.